The van der Waals surface area contributed by atoms with Crippen molar-refractivity contribution in [2.24, 2.45) is 5.14 Å². The molecule has 0 spiro atoms. The van der Waals surface area contributed by atoms with Crippen LogP contribution < -0.4 is 9.88 Å². The van der Waals surface area contributed by atoms with E-state index in [-0.39, 0.29) is 16.1 Å². The predicted octanol–water partition coefficient (Wildman–Crippen LogP) is 3.82. The number of sulfonamides is 1. The van der Waals surface area contributed by atoms with Crippen LogP contribution in [-0.2, 0) is 14.8 Å². The number of benzene rings is 2. The summed E-state index contributed by atoms with van der Waals surface area (Å²) in [5.41, 5.74) is -0.0242. The molecule has 0 saturated carbocycles. The fourth-order valence-electron chi connectivity index (χ4n) is 2.06. The third kappa shape index (κ3) is 7.02. The van der Waals surface area contributed by atoms with Crippen LogP contribution in [0.25, 0.3) is 0 Å². The second-order valence-electron chi connectivity index (χ2n) is 6.77. The quantitative estimate of drug-likeness (QED) is 0.621. The van der Waals surface area contributed by atoms with E-state index in [1.807, 2.05) is 20.8 Å². The van der Waals surface area contributed by atoms with Gasteiger partial charge in [0.15, 0.2) is 0 Å². The van der Waals surface area contributed by atoms with Gasteiger partial charge in [-0.3, -0.25) is 0 Å². The van der Waals surface area contributed by atoms with E-state index in [4.69, 9.17) is 14.6 Å². The average Bonchev–Trinajstić information content (AvgIpc) is 2.56. The molecule has 0 fully saturated rings. The Kier molecular flexibility index (Phi) is 6.60. The molecule has 0 aliphatic rings. The summed E-state index contributed by atoms with van der Waals surface area (Å²) in [7, 11) is -3.76. The minimum Gasteiger partial charge on any atom is -0.457 e. The summed E-state index contributed by atoms with van der Waals surface area (Å²) in [6.45, 7) is 6.33. The molecule has 2 aromatic rings. The number of rotatable bonds is 5. The molecule has 0 heterocycles. The third-order valence-electron chi connectivity index (χ3n) is 3.31. The Morgan fingerprint density at radius 2 is 1.70 bits per heavy atom. The topological polar surface area (TPSA) is 78.6 Å². The van der Waals surface area contributed by atoms with E-state index >= 15 is 0 Å². The van der Waals surface area contributed by atoms with E-state index in [0.29, 0.717) is 24.5 Å². The van der Waals surface area contributed by atoms with Crippen LogP contribution in [0.2, 0.25) is 0 Å². The molecule has 2 aromatic carbocycles. The number of ether oxygens (including phenoxy) is 2. The number of halogens is 1. The molecule has 5 nitrogen and oxygen atoms in total. The molecule has 0 unspecified atom stereocenters. The molecule has 0 aliphatic carbocycles. The first-order valence-electron chi connectivity index (χ1n) is 8.28. The van der Waals surface area contributed by atoms with Crippen molar-refractivity contribution >= 4 is 10.0 Å². The Balaban J connectivity index is 2.06. The minimum atomic E-state index is -3.76. The monoisotopic (exact) mass is 391 g/mol. The molecule has 27 heavy (non-hydrogen) atoms. The normalized spacial score (nSPS) is 11.6. The van der Waals surface area contributed by atoms with Crippen molar-refractivity contribution in [3.8, 4) is 23.3 Å². The number of primary sulfonamides is 1. The van der Waals surface area contributed by atoms with Crippen molar-refractivity contribution in [1.82, 2.24) is 0 Å². The van der Waals surface area contributed by atoms with Crippen LogP contribution in [0.5, 0.6) is 11.5 Å². The summed E-state index contributed by atoms with van der Waals surface area (Å²) >= 11 is 0. The first-order chi connectivity index (χ1) is 12.5. The van der Waals surface area contributed by atoms with E-state index in [2.05, 4.69) is 11.8 Å². The molecule has 2 N–H and O–H groups in total. The predicted molar refractivity (Wildman–Crippen MR) is 101 cm³/mol. The smallest absolute Gasteiger partial charge is 0.238 e. The summed E-state index contributed by atoms with van der Waals surface area (Å²) in [5.74, 6) is 5.98. The highest BCUT2D eigenvalue weighted by Crippen LogP contribution is 2.24. The lowest BCUT2D eigenvalue weighted by molar-refractivity contribution is 0.000597. The summed E-state index contributed by atoms with van der Waals surface area (Å²) in [5, 5.41) is 5.05. The van der Waals surface area contributed by atoms with Gasteiger partial charge in [-0.2, -0.15) is 0 Å². The van der Waals surface area contributed by atoms with Gasteiger partial charge in [0.05, 0.1) is 22.7 Å². The molecule has 2 rings (SSSR count). The first kappa shape index (κ1) is 20.9. The molecule has 0 radical (unpaired) electrons. The molecule has 0 amide bonds. The maximum absolute atomic E-state index is 13.9. The lowest BCUT2D eigenvalue weighted by Crippen LogP contribution is -2.19. The van der Waals surface area contributed by atoms with Crippen molar-refractivity contribution in [1.29, 1.82) is 0 Å². The van der Waals surface area contributed by atoms with Gasteiger partial charge in [-0.1, -0.05) is 11.8 Å². The molecule has 0 aliphatic heterocycles. The van der Waals surface area contributed by atoms with Crippen LogP contribution in [0.15, 0.2) is 47.4 Å². The van der Waals surface area contributed by atoms with E-state index in [9.17, 15) is 12.8 Å². The fraction of sp³-hybridized carbons (Fsp3) is 0.300. The van der Waals surface area contributed by atoms with Crippen LogP contribution in [0.4, 0.5) is 4.39 Å². The maximum Gasteiger partial charge on any atom is 0.238 e. The zero-order valence-electron chi connectivity index (χ0n) is 15.5. The van der Waals surface area contributed by atoms with E-state index in [1.54, 1.807) is 0 Å². The molecular formula is C20H22FNO4S. The van der Waals surface area contributed by atoms with Gasteiger partial charge in [-0.15, -0.1) is 0 Å². The largest absolute Gasteiger partial charge is 0.457 e. The van der Waals surface area contributed by atoms with Crippen molar-refractivity contribution in [2.45, 2.75) is 37.7 Å². The summed E-state index contributed by atoms with van der Waals surface area (Å²) < 4.78 is 47.6. The SMILES string of the molecule is CC(C)(C)OCCC#Cc1cc(Oc2ccc(S(N)(=O)=O)cc2)ccc1F. The van der Waals surface area contributed by atoms with Crippen molar-refractivity contribution in [3.05, 3.63) is 53.8 Å². The molecule has 0 bridgehead atoms. The number of hydrogen-bond donors (Lipinski definition) is 1. The van der Waals surface area contributed by atoms with Gasteiger partial charge in [0.25, 0.3) is 0 Å². The minimum absolute atomic E-state index is 0.0158. The second-order valence-corrected chi connectivity index (χ2v) is 8.33. The molecule has 0 aromatic heterocycles. The van der Waals surface area contributed by atoms with Gasteiger partial charge >= 0.3 is 0 Å². The van der Waals surface area contributed by atoms with Crippen LogP contribution in [-0.4, -0.2) is 20.6 Å². The van der Waals surface area contributed by atoms with Crippen LogP contribution in [0.1, 0.15) is 32.8 Å². The Hall–Kier alpha value is -2.40. The van der Waals surface area contributed by atoms with Gasteiger partial charge in [-0.05, 0) is 63.2 Å². The van der Waals surface area contributed by atoms with Crippen LogP contribution in [0.3, 0.4) is 0 Å². The number of hydrogen-bond acceptors (Lipinski definition) is 4. The fourth-order valence-corrected chi connectivity index (χ4v) is 2.58. The van der Waals surface area contributed by atoms with Crippen LogP contribution in [0, 0.1) is 17.7 Å². The van der Waals surface area contributed by atoms with Crippen LogP contribution >= 0.6 is 0 Å². The second kappa shape index (κ2) is 8.53. The Bertz CT molecular complexity index is 952. The van der Waals surface area contributed by atoms with Gasteiger partial charge in [0, 0.05) is 6.42 Å². The summed E-state index contributed by atoms with van der Waals surface area (Å²) in [4.78, 5) is -0.0158. The van der Waals surface area contributed by atoms with E-state index < -0.39 is 15.8 Å². The van der Waals surface area contributed by atoms with E-state index in [1.165, 1.54) is 42.5 Å². The highest BCUT2D eigenvalue weighted by molar-refractivity contribution is 7.89. The molecule has 0 atom stereocenters. The zero-order chi connectivity index (χ0) is 20.1. The third-order valence-corrected chi connectivity index (χ3v) is 4.24. The van der Waals surface area contributed by atoms with Gasteiger partial charge in [0.2, 0.25) is 10.0 Å². The van der Waals surface area contributed by atoms with E-state index in [0.717, 1.165) is 0 Å². The van der Waals surface area contributed by atoms with Crippen molar-refractivity contribution in [3.63, 3.8) is 0 Å². The molecule has 7 heteroatoms. The highest BCUT2D eigenvalue weighted by Gasteiger charge is 2.09. The zero-order valence-corrected chi connectivity index (χ0v) is 16.3. The summed E-state index contributed by atoms with van der Waals surface area (Å²) in [6, 6.07) is 9.84. The Morgan fingerprint density at radius 1 is 1.07 bits per heavy atom. The molecular weight excluding hydrogens is 369 g/mol. The summed E-state index contributed by atoms with van der Waals surface area (Å²) in [6.07, 6.45) is 0.483. The standard InChI is InChI=1S/C20H22FNO4S/c1-20(2,3)25-13-5-4-6-15-14-17(9-12-19(15)21)26-16-7-10-18(11-8-16)27(22,23)24/h7-12,14H,5,13H2,1-3H3,(H2,22,23,24). The highest BCUT2D eigenvalue weighted by atomic mass is 32.2. The van der Waals surface area contributed by atoms with Gasteiger partial charge < -0.3 is 9.47 Å². The van der Waals surface area contributed by atoms with Gasteiger partial charge in [-0.25, -0.2) is 17.9 Å². The maximum atomic E-state index is 13.9. The van der Waals surface area contributed by atoms with Crippen molar-refractivity contribution < 1.29 is 22.3 Å². The lowest BCUT2D eigenvalue weighted by atomic mass is 10.2. The molecule has 144 valence electrons. The van der Waals surface area contributed by atoms with Gasteiger partial charge in [0.1, 0.15) is 17.3 Å². The molecule has 0 saturated heterocycles. The van der Waals surface area contributed by atoms with Crippen molar-refractivity contribution in [2.75, 3.05) is 6.61 Å². The lowest BCUT2D eigenvalue weighted by Gasteiger charge is -2.18. The number of nitrogens with two attached hydrogens (primary N) is 1. The Labute approximate surface area is 159 Å². The Morgan fingerprint density at radius 3 is 2.30 bits per heavy atom. The first-order valence-corrected chi connectivity index (χ1v) is 9.82. The average molecular weight is 391 g/mol.